The van der Waals surface area contributed by atoms with Crippen molar-refractivity contribution in [2.24, 2.45) is 0 Å². The second kappa shape index (κ2) is 8.25. The van der Waals surface area contributed by atoms with Crippen LogP contribution in [-0.4, -0.2) is 68.4 Å². The molecule has 0 saturated carbocycles. The van der Waals surface area contributed by atoms with Crippen molar-refractivity contribution in [1.29, 1.82) is 0 Å². The molecule has 18 heavy (non-hydrogen) atoms. The minimum Gasteiger partial charge on any atom is -0.302 e. The number of carbonyl (C=O) groups excluding carboxylic acids is 1. The average Bonchev–Trinajstić information content (AvgIpc) is 2.42. The molecule has 106 valence electrons. The molecule has 3 N–H and O–H groups in total. The molecular weight excluding hydrogens is 232 g/mol. The lowest BCUT2D eigenvalue weighted by Gasteiger charge is -2.31. The predicted octanol–water partition coefficient (Wildman–Crippen LogP) is -0.400. The summed E-state index contributed by atoms with van der Waals surface area (Å²) in [6.45, 7) is 3.88. The van der Waals surface area contributed by atoms with Crippen molar-refractivity contribution in [3.63, 3.8) is 0 Å². The predicted molar refractivity (Wildman–Crippen MR) is 71.4 cm³/mol. The standard InChI is InChI=1S/C11H26N6O/c1-12-16(11(18)17(13-2)14-3)10-9-15-7-5-4-6-8-15/h12-14H,4-10H2,1-3H3. The molecular formula is C11H26N6O. The Kier molecular flexibility index (Phi) is 6.96. The summed E-state index contributed by atoms with van der Waals surface area (Å²) < 4.78 is 0. The summed E-state index contributed by atoms with van der Waals surface area (Å²) in [6, 6.07) is -0.139. The molecule has 1 aliphatic rings. The number of nitrogens with one attached hydrogen (secondary N) is 3. The Hall–Kier alpha value is -0.890. The lowest BCUT2D eigenvalue weighted by atomic mass is 10.1. The number of hydrogen-bond donors (Lipinski definition) is 3. The highest BCUT2D eigenvalue weighted by Gasteiger charge is 2.19. The third kappa shape index (κ3) is 4.41. The van der Waals surface area contributed by atoms with Crippen LogP contribution >= 0.6 is 0 Å². The van der Waals surface area contributed by atoms with Gasteiger partial charge in [-0.1, -0.05) is 6.42 Å². The first-order valence-corrected chi connectivity index (χ1v) is 6.59. The maximum absolute atomic E-state index is 12.1. The molecule has 0 aromatic heterocycles. The van der Waals surface area contributed by atoms with Gasteiger partial charge in [0.15, 0.2) is 0 Å². The topological polar surface area (TPSA) is 62.9 Å². The zero-order chi connectivity index (χ0) is 13.4. The molecule has 0 spiro atoms. The number of urea groups is 1. The number of carbonyl (C=O) groups is 1. The minimum absolute atomic E-state index is 0.139. The molecule has 1 rings (SSSR count). The van der Waals surface area contributed by atoms with Gasteiger partial charge in [0.2, 0.25) is 0 Å². The van der Waals surface area contributed by atoms with Gasteiger partial charge in [-0.2, -0.15) is 5.12 Å². The fourth-order valence-electron chi connectivity index (χ4n) is 2.15. The Labute approximate surface area is 109 Å². The Morgan fingerprint density at radius 2 is 1.67 bits per heavy atom. The van der Waals surface area contributed by atoms with Gasteiger partial charge < -0.3 is 4.90 Å². The summed E-state index contributed by atoms with van der Waals surface area (Å²) in [5, 5.41) is 2.94. The van der Waals surface area contributed by atoms with Crippen LogP contribution in [0.25, 0.3) is 0 Å². The van der Waals surface area contributed by atoms with Crippen molar-refractivity contribution in [2.45, 2.75) is 19.3 Å². The van der Waals surface area contributed by atoms with E-state index in [1.54, 1.807) is 26.2 Å². The van der Waals surface area contributed by atoms with Crippen molar-refractivity contribution in [3.8, 4) is 0 Å². The third-order valence-corrected chi connectivity index (χ3v) is 3.23. The van der Waals surface area contributed by atoms with Gasteiger partial charge in [-0.15, -0.1) is 0 Å². The summed E-state index contributed by atoms with van der Waals surface area (Å²) in [4.78, 5) is 14.5. The minimum atomic E-state index is -0.139. The van der Waals surface area contributed by atoms with E-state index in [0.717, 1.165) is 19.6 Å². The Morgan fingerprint density at radius 1 is 1.06 bits per heavy atom. The van der Waals surface area contributed by atoms with Crippen LogP contribution < -0.4 is 16.3 Å². The molecule has 1 saturated heterocycles. The molecule has 0 radical (unpaired) electrons. The normalized spacial score (nSPS) is 16.6. The van der Waals surface area contributed by atoms with Crippen molar-refractivity contribution in [1.82, 2.24) is 31.3 Å². The summed E-state index contributed by atoms with van der Waals surface area (Å²) in [7, 11) is 5.16. The van der Waals surface area contributed by atoms with Gasteiger partial charge in [0.05, 0.1) is 6.54 Å². The van der Waals surface area contributed by atoms with Gasteiger partial charge >= 0.3 is 6.03 Å². The number of hydrogen-bond acceptors (Lipinski definition) is 5. The van der Waals surface area contributed by atoms with Crippen LogP contribution in [0.3, 0.4) is 0 Å². The largest absolute Gasteiger partial charge is 0.363 e. The monoisotopic (exact) mass is 258 g/mol. The maximum atomic E-state index is 12.1. The molecule has 0 unspecified atom stereocenters. The molecule has 7 nitrogen and oxygen atoms in total. The van der Waals surface area contributed by atoms with E-state index in [-0.39, 0.29) is 6.03 Å². The second-order valence-corrected chi connectivity index (χ2v) is 4.34. The highest BCUT2D eigenvalue weighted by atomic mass is 16.2. The molecule has 1 heterocycles. The van der Waals surface area contributed by atoms with Gasteiger partial charge in [0.1, 0.15) is 0 Å². The SMILES string of the molecule is CNN(CCN1CCCCC1)C(=O)N(NC)NC. The number of amides is 2. The molecule has 0 aromatic carbocycles. The van der Waals surface area contributed by atoms with E-state index in [0.29, 0.717) is 6.54 Å². The van der Waals surface area contributed by atoms with Crippen LogP contribution in [0.5, 0.6) is 0 Å². The van der Waals surface area contributed by atoms with Crippen LogP contribution in [0.15, 0.2) is 0 Å². The molecule has 1 aliphatic heterocycles. The van der Waals surface area contributed by atoms with Crippen LogP contribution in [-0.2, 0) is 0 Å². The van der Waals surface area contributed by atoms with Crippen molar-refractivity contribution >= 4 is 6.03 Å². The first-order chi connectivity index (χ1) is 8.72. The molecule has 0 atom stereocenters. The van der Waals surface area contributed by atoms with Crippen molar-refractivity contribution in [3.05, 3.63) is 0 Å². The van der Waals surface area contributed by atoms with E-state index in [1.165, 1.54) is 24.4 Å². The second-order valence-electron chi connectivity index (χ2n) is 4.34. The Bertz CT molecular complexity index is 240. The van der Waals surface area contributed by atoms with Gasteiger partial charge in [-0.25, -0.2) is 21.1 Å². The summed E-state index contributed by atoms with van der Waals surface area (Å²) in [5.74, 6) is 0. The van der Waals surface area contributed by atoms with Crippen molar-refractivity contribution in [2.75, 3.05) is 47.3 Å². The third-order valence-electron chi connectivity index (χ3n) is 3.23. The molecule has 2 amide bonds. The van der Waals surface area contributed by atoms with Crippen LogP contribution in [0.2, 0.25) is 0 Å². The highest BCUT2D eigenvalue weighted by molar-refractivity contribution is 5.72. The summed E-state index contributed by atoms with van der Waals surface area (Å²) >= 11 is 0. The fraction of sp³-hybridized carbons (Fsp3) is 0.909. The Morgan fingerprint density at radius 3 is 2.17 bits per heavy atom. The van der Waals surface area contributed by atoms with Crippen LogP contribution in [0.4, 0.5) is 4.79 Å². The van der Waals surface area contributed by atoms with E-state index in [2.05, 4.69) is 21.2 Å². The summed E-state index contributed by atoms with van der Waals surface area (Å²) in [6.07, 6.45) is 3.87. The smallest absolute Gasteiger partial charge is 0.302 e. The first-order valence-electron chi connectivity index (χ1n) is 6.59. The molecule has 0 aromatic rings. The highest BCUT2D eigenvalue weighted by Crippen LogP contribution is 2.07. The summed E-state index contributed by atoms with van der Waals surface area (Å²) in [5.41, 5.74) is 8.49. The molecule has 0 bridgehead atoms. The lowest BCUT2D eigenvalue weighted by Crippen LogP contribution is -2.58. The van der Waals surface area contributed by atoms with E-state index < -0.39 is 0 Å². The van der Waals surface area contributed by atoms with Gasteiger partial charge in [-0.3, -0.25) is 5.01 Å². The van der Waals surface area contributed by atoms with E-state index in [1.807, 2.05) is 0 Å². The van der Waals surface area contributed by atoms with Gasteiger partial charge in [-0.05, 0) is 25.9 Å². The Balaban J connectivity index is 2.37. The van der Waals surface area contributed by atoms with E-state index in [4.69, 9.17) is 0 Å². The fourth-order valence-corrected chi connectivity index (χ4v) is 2.15. The zero-order valence-electron chi connectivity index (χ0n) is 11.7. The van der Waals surface area contributed by atoms with Crippen LogP contribution in [0.1, 0.15) is 19.3 Å². The molecule has 1 fully saturated rings. The first kappa shape index (κ1) is 15.2. The number of nitrogens with zero attached hydrogens (tertiary/aromatic N) is 3. The van der Waals surface area contributed by atoms with Crippen molar-refractivity contribution < 1.29 is 4.79 Å². The zero-order valence-corrected chi connectivity index (χ0v) is 11.7. The van der Waals surface area contributed by atoms with Crippen LogP contribution in [0, 0.1) is 0 Å². The number of piperidine rings is 1. The lowest BCUT2D eigenvalue weighted by molar-refractivity contribution is 0.0887. The van der Waals surface area contributed by atoms with Gasteiger partial charge in [0.25, 0.3) is 0 Å². The number of rotatable bonds is 6. The maximum Gasteiger partial charge on any atom is 0.363 e. The number of hydrazine groups is 3. The van der Waals surface area contributed by atoms with E-state index >= 15 is 0 Å². The quantitative estimate of drug-likeness (QED) is 0.566. The van der Waals surface area contributed by atoms with E-state index in [9.17, 15) is 4.79 Å². The average molecular weight is 258 g/mol. The molecule has 0 aliphatic carbocycles. The van der Waals surface area contributed by atoms with Gasteiger partial charge in [0, 0.05) is 27.7 Å². The number of likely N-dealkylation sites (tertiary alicyclic amines) is 1. The molecule has 7 heteroatoms.